The van der Waals surface area contributed by atoms with Gasteiger partial charge in [-0.05, 0) is 48.0 Å². The molecule has 3 aromatic rings. The molecule has 0 fully saturated rings. The van der Waals surface area contributed by atoms with E-state index < -0.39 is 5.82 Å². The van der Waals surface area contributed by atoms with Crippen LogP contribution in [0.15, 0.2) is 58.3 Å². The molecule has 1 atom stereocenters. The molecule has 0 saturated heterocycles. The van der Waals surface area contributed by atoms with Crippen molar-refractivity contribution in [3.05, 3.63) is 74.4 Å². The van der Waals surface area contributed by atoms with Crippen LogP contribution in [-0.2, 0) is 4.79 Å². The Bertz CT molecular complexity index is 1060. The number of nitrogens with zero attached hydrogens (tertiary/aromatic N) is 2. The number of carbonyl (C=O) groups excluding carboxylic acids is 2. The largest absolute Gasteiger partial charge is 0.483 e. The van der Waals surface area contributed by atoms with E-state index in [1.807, 2.05) is 35.0 Å². The number of Topliss-reactive ketones (excluding diaryl/α,β-unsaturated/α-hetero) is 1. The number of hydrogen-bond acceptors (Lipinski definition) is 6. The van der Waals surface area contributed by atoms with Gasteiger partial charge in [0.1, 0.15) is 11.6 Å². The van der Waals surface area contributed by atoms with Crippen LogP contribution in [0, 0.1) is 5.82 Å². The lowest BCUT2D eigenvalue weighted by Crippen LogP contribution is -2.31. The van der Waals surface area contributed by atoms with Crippen molar-refractivity contribution >= 4 is 40.1 Å². The molecule has 8 heteroatoms. The summed E-state index contributed by atoms with van der Waals surface area (Å²) < 4.78 is 19.0. The van der Waals surface area contributed by atoms with Gasteiger partial charge in [0.25, 0.3) is 5.91 Å². The Morgan fingerprint density at radius 2 is 2.00 bits per heavy atom. The second-order valence-corrected chi connectivity index (χ2v) is 8.41. The van der Waals surface area contributed by atoms with Crippen LogP contribution >= 0.6 is 22.7 Å². The van der Waals surface area contributed by atoms with Gasteiger partial charge in [-0.3, -0.25) is 9.59 Å². The maximum absolute atomic E-state index is 13.4. The van der Waals surface area contributed by atoms with Crippen LogP contribution in [0.3, 0.4) is 0 Å². The average molecular weight is 429 g/mol. The van der Waals surface area contributed by atoms with Gasteiger partial charge in [-0.25, -0.2) is 9.40 Å². The lowest BCUT2D eigenvalue weighted by atomic mass is 10.1. The Labute approximate surface area is 175 Å². The number of amides is 1. The van der Waals surface area contributed by atoms with E-state index in [9.17, 15) is 14.0 Å². The summed E-state index contributed by atoms with van der Waals surface area (Å²) in [5, 5.41) is 9.96. The van der Waals surface area contributed by atoms with Crippen molar-refractivity contribution in [1.82, 2.24) is 5.01 Å². The third-order valence-electron chi connectivity index (χ3n) is 4.52. The maximum atomic E-state index is 13.4. The standard InChI is InChI=1S/C21H17FN2O3S2/c1-13(25)15-10-14(22)6-7-18(15)27-12-21(26)24-17(20-5-3-9-29-20)11-16(23-24)19-4-2-8-28-19/h2-10,17H,11-12H2,1H3. The highest BCUT2D eigenvalue weighted by Gasteiger charge is 2.34. The molecule has 148 valence electrons. The second kappa shape index (κ2) is 8.26. The number of benzene rings is 1. The van der Waals surface area contributed by atoms with Gasteiger partial charge in [-0.15, -0.1) is 22.7 Å². The van der Waals surface area contributed by atoms with E-state index in [-0.39, 0.29) is 35.7 Å². The number of rotatable bonds is 6. The topological polar surface area (TPSA) is 59.0 Å². The minimum Gasteiger partial charge on any atom is -0.483 e. The smallest absolute Gasteiger partial charge is 0.281 e. The van der Waals surface area contributed by atoms with Crippen molar-refractivity contribution in [2.45, 2.75) is 19.4 Å². The molecule has 2 aromatic heterocycles. The van der Waals surface area contributed by atoms with Gasteiger partial charge in [0.2, 0.25) is 0 Å². The zero-order chi connectivity index (χ0) is 20.4. The first-order valence-corrected chi connectivity index (χ1v) is 10.7. The van der Waals surface area contributed by atoms with E-state index in [1.165, 1.54) is 24.1 Å². The minimum atomic E-state index is -0.531. The molecular weight excluding hydrogens is 411 g/mol. The van der Waals surface area contributed by atoms with Gasteiger partial charge < -0.3 is 4.74 Å². The molecule has 0 saturated carbocycles. The van der Waals surface area contributed by atoms with Crippen molar-refractivity contribution in [2.75, 3.05) is 6.61 Å². The molecule has 29 heavy (non-hydrogen) atoms. The second-order valence-electron chi connectivity index (χ2n) is 6.48. The summed E-state index contributed by atoms with van der Waals surface area (Å²) in [4.78, 5) is 26.7. The van der Waals surface area contributed by atoms with Crippen molar-refractivity contribution in [3.8, 4) is 5.75 Å². The van der Waals surface area contributed by atoms with Crippen LogP contribution < -0.4 is 4.74 Å². The predicted molar refractivity (Wildman–Crippen MR) is 111 cm³/mol. The molecule has 0 bridgehead atoms. The molecule has 3 heterocycles. The number of thiophene rings is 2. The SMILES string of the molecule is CC(=O)c1cc(F)ccc1OCC(=O)N1N=C(c2cccs2)CC1c1cccs1. The molecule has 1 aliphatic rings. The Kier molecular flexibility index (Phi) is 5.55. The number of ether oxygens (including phenoxy) is 1. The van der Waals surface area contributed by atoms with Crippen molar-refractivity contribution in [1.29, 1.82) is 0 Å². The minimum absolute atomic E-state index is 0.108. The van der Waals surface area contributed by atoms with Crippen LogP contribution in [0.25, 0.3) is 0 Å². The number of ketones is 1. The summed E-state index contributed by atoms with van der Waals surface area (Å²) in [6.45, 7) is 1.03. The Morgan fingerprint density at radius 1 is 1.21 bits per heavy atom. The highest BCUT2D eigenvalue weighted by atomic mass is 32.1. The quantitative estimate of drug-likeness (QED) is 0.524. The van der Waals surface area contributed by atoms with E-state index in [1.54, 1.807) is 22.7 Å². The van der Waals surface area contributed by atoms with E-state index >= 15 is 0 Å². The highest BCUT2D eigenvalue weighted by molar-refractivity contribution is 7.12. The van der Waals surface area contributed by atoms with E-state index in [0.717, 1.165) is 21.5 Å². The summed E-state index contributed by atoms with van der Waals surface area (Å²) in [5.74, 6) is -1.01. The third-order valence-corrected chi connectivity index (χ3v) is 6.41. The first-order valence-electron chi connectivity index (χ1n) is 8.93. The summed E-state index contributed by atoms with van der Waals surface area (Å²) in [5.41, 5.74) is 0.967. The first-order chi connectivity index (χ1) is 14.0. The molecule has 1 aliphatic heterocycles. The first kappa shape index (κ1) is 19.5. The third kappa shape index (κ3) is 4.13. The van der Waals surface area contributed by atoms with Crippen molar-refractivity contribution in [3.63, 3.8) is 0 Å². The fourth-order valence-corrected chi connectivity index (χ4v) is 4.68. The van der Waals surface area contributed by atoms with E-state index in [0.29, 0.717) is 6.42 Å². The van der Waals surface area contributed by atoms with Crippen LogP contribution in [-0.4, -0.2) is 29.0 Å². The monoisotopic (exact) mass is 428 g/mol. The zero-order valence-corrected chi connectivity index (χ0v) is 17.1. The fourth-order valence-electron chi connectivity index (χ4n) is 3.14. The lowest BCUT2D eigenvalue weighted by molar-refractivity contribution is -0.135. The summed E-state index contributed by atoms with van der Waals surface area (Å²) in [6.07, 6.45) is 0.627. The summed E-state index contributed by atoms with van der Waals surface area (Å²) in [7, 11) is 0. The molecule has 0 radical (unpaired) electrons. The molecule has 0 N–H and O–H groups in total. The molecular formula is C21H17FN2O3S2. The fraction of sp³-hybridized carbons (Fsp3) is 0.190. The summed E-state index contributed by atoms with van der Waals surface area (Å²) >= 11 is 3.15. The van der Waals surface area contributed by atoms with E-state index in [4.69, 9.17) is 4.74 Å². The van der Waals surface area contributed by atoms with Crippen LogP contribution in [0.4, 0.5) is 4.39 Å². The van der Waals surface area contributed by atoms with Crippen molar-refractivity contribution < 1.29 is 18.7 Å². The molecule has 5 nitrogen and oxygen atoms in total. The normalized spacial score (nSPS) is 16.0. The Hall–Kier alpha value is -2.84. The Morgan fingerprint density at radius 3 is 2.69 bits per heavy atom. The number of halogens is 1. The molecule has 0 spiro atoms. The molecule has 1 unspecified atom stereocenters. The molecule has 1 amide bonds. The number of carbonyl (C=O) groups is 2. The lowest BCUT2D eigenvalue weighted by Gasteiger charge is -2.21. The average Bonchev–Trinajstić information content (AvgIpc) is 3.47. The van der Waals surface area contributed by atoms with Gasteiger partial charge >= 0.3 is 0 Å². The van der Waals surface area contributed by atoms with Gasteiger partial charge in [0.05, 0.1) is 22.2 Å². The number of hydrazone groups is 1. The highest BCUT2D eigenvalue weighted by Crippen LogP contribution is 2.36. The van der Waals surface area contributed by atoms with E-state index in [2.05, 4.69) is 5.10 Å². The van der Waals surface area contributed by atoms with Gasteiger partial charge in [-0.2, -0.15) is 5.10 Å². The van der Waals surface area contributed by atoms with Gasteiger partial charge in [-0.1, -0.05) is 12.1 Å². The molecule has 4 rings (SSSR count). The maximum Gasteiger partial charge on any atom is 0.281 e. The predicted octanol–water partition coefficient (Wildman–Crippen LogP) is 4.91. The Balaban J connectivity index is 1.55. The zero-order valence-electron chi connectivity index (χ0n) is 15.5. The van der Waals surface area contributed by atoms with Gasteiger partial charge in [0, 0.05) is 11.3 Å². The summed E-state index contributed by atoms with van der Waals surface area (Å²) in [6, 6.07) is 11.3. The van der Waals surface area contributed by atoms with Crippen LogP contribution in [0.5, 0.6) is 5.75 Å². The number of hydrogen-bond donors (Lipinski definition) is 0. The molecule has 1 aromatic carbocycles. The molecule has 0 aliphatic carbocycles. The van der Waals surface area contributed by atoms with Crippen molar-refractivity contribution in [2.24, 2.45) is 5.10 Å². The van der Waals surface area contributed by atoms with Crippen LogP contribution in [0.2, 0.25) is 0 Å². The van der Waals surface area contributed by atoms with Crippen LogP contribution in [0.1, 0.15) is 39.5 Å². The van der Waals surface area contributed by atoms with Gasteiger partial charge in [0.15, 0.2) is 12.4 Å².